The monoisotopic (exact) mass is 344 g/mol. The number of nitrogens with one attached hydrogen (secondary N) is 1. The Labute approximate surface area is 136 Å². The Bertz CT molecular complexity index is 670. The Hall–Kier alpha value is -1.58. The molecule has 0 aromatic carbocycles. The van der Waals surface area contributed by atoms with Crippen LogP contribution in [0.25, 0.3) is 0 Å². The van der Waals surface area contributed by atoms with Crippen molar-refractivity contribution in [3.63, 3.8) is 0 Å². The van der Waals surface area contributed by atoms with E-state index in [-0.39, 0.29) is 18.9 Å². The first-order valence-electron chi connectivity index (χ1n) is 7.28. The number of aromatic amines is 1. The van der Waals surface area contributed by atoms with Gasteiger partial charge in [0.15, 0.2) is 0 Å². The summed E-state index contributed by atoms with van der Waals surface area (Å²) in [4.78, 5) is 36.9. The molecule has 9 heteroatoms. The van der Waals surface area contributed by atoms with Crippen molar-refractivity contribution in [2.45, 2.75) is 43.1 Å². The molecule has 1 aliphatic heterocycles. The first-order chi connectivity index (χ1) is 10.8. The minimum absolute atomic E-state index is 0.110. The van der Waals surface area contributed by atoms with Gasteiger partial charge >= 0.3 is 11.7 Å². The van der Waals surface area contributed by atoms with Crippen LogP contribution in [0.5, 0.6) is 0 Å². The van der Waals surface area contributed by atoms with Gasteiger partial charge in [-0.15, -0.1) is 11.8 Å². The topological polar surface area (TPSA) is 122 Å². The second-order valence-corrected chi connectivity index (χ2v) is 7.17. The van der Waals surface area contributed by atoms with Crippen molar-refractivity contribution < 1.29 is 19.7 Å². The number of aliphatic hydroxyl groups is 2. The molecule has 0 radical (unpaired) electrons. The van der Waals surface area contributed by atoms with Gasteiger partial charge in [0.1, 0.15) is 17.6 Å². The van der Waals surface area contributed by atoms with Crippen molar-refractivity contribution in [2.75, 3.05) is 6.61 Å². The number of aliphatic hydroxyl groups excluding tert-OH is 2. The summed E-state index contributed by atoms with van der Waals surface area (Å²) in [5.74, 6) is -0.351. The summed E-state index contributed by atoms with van der Waals surface area (Å²) in [6.07, 6.45) is -0.610. The van der Waals surface area contributed by atoms with E-state index in [2.05, 4.69) is 4.98 Å². The summed E-state index contributed by atoms with van der Waals surface area (Å²) in [6.45, 7) is 3.43. The van der Waals surface area contributed by atoms with Crippen molar-refractivity contribution in [1.82, 2.24) is 9.55 Å². The van der Waals surface area contributed by atoms with Gasteiger partial charge in [0.2, 0.25) is 0 Å². The third kappa shape index (κ3) is 4.04. The Balaban J connectivity index is 2.20. The number of ether oxygens (including phenoxy) is 1. The number of rotatable bonds is 5. The molecule has 0 bridgehead atoms. The molecule has 0 aliphatic carbocycles. The molecule has 4 atom stereocenters. The molecule has 0 saturated carbocycles. The highest BCUT2D eigenvalue weighted by molar-refractivity contribution is 8.00. The minimum Gasteiger partial charge on any atom is -0.458 e. The van der Waals surface area contributed by atoms with Crippen molar-refractivity contribution in [3.8, 4) is 0 Å². The number of H-pyrrole nitrogens is 1. The van der Waals surface area contributed by atoms with Crippen LogP contribution >= 0.6 is 11.8 Å². The van der Waals surface area contributed by atoms with Gasteiger partial charge in [-0.1, -0.05) is 13.8 Å². The Morgan fingerprint density at radius 3 is 2.74 bits per heavy atom. The highest BCUT2D eigenvalue weighted by Gasteiger charge is 2.46. The van der Waals surface area contributed by atoms with Crippen LogP contribution in [-0.2, 0) is 9.53 Å². The van der Waals surface area contributed by atoms with Crippen LogP contribution in [-0.4, -0.2) is 49.8 Å². The summed E-state index contributed by atoms with van der Waals surface area (Å²) >= 11 is 1.12. The van der Waals surface area contributed by atoms with Crippen molar-refractivity contribution in [2.24, 2.45) is 5.92 Å². The number of nitrogens with zero attached hydrogens (tertiary/aromatic N) is 1. The Morgan fingerprint density at radius 2 is 2.17 bits per heavy atom. The normalized spacial score (nSPS) is 27.3. The molecule has 0 spiro atoms. The molecule has 2 heterocycles. The molecule has 128 valence electrons. The van der Waals surface area contributed by atoms with Gasteiger partial charge in [-0.2, -0.15) is 0 Å². The summed E-state index contributed by atoms with van der Waals surface area (Å²) in [5, 5.41) is 18.6. The molecule has 1 aromatic rings. The van der Waals surface area contributed by atoms with Crippen LogP contribution in [0.4, 0.5) is 0 Å². The zero-order valence-electron chi connectivity index (χ0n) is 12.8. The molecule has 2 rings (SSSR count). The van der Waals surface area contributed by atoms with E-state index in [9.17, 15) is 24.6 Å². The van der Waals surface area contributed by atoms with Crippen LogP contribution < -0.4 is 11.2 Å². The fourth-order valence-electron chi connectivity index (χ4n) is 2.40. The third-order valence-electron chi connectivity index (χ3n) is 3.46. The molecule has 1 aromatic heterocycles. The predicted octanol–water partition coefficient (Wildman–Crippen LogP) is -0.538. The van der Waals surface area contributed by atoms with E-state index in [1.54, 1.807) is 0 Å². The van der Waals surface area contributed by atoms with Gasteiger partial charge in [0.05, 0.1) is 11.9 Å². The average molecular weight is 344 g/mol. The number of esters is 1. The number of hydrogen-bond donors (Lipinski definition) is 3. The lowest BCUT2D eigenvalue weighted by atomic mass is 10.1. The zero-order chi connectivity index (χ0) is 17.1. The van der Waals surface area contributed by atoms with E-state index in [1.807, 2.05) is 13.8 Å². The summed E-state index contributed by atoms with van der Waals surface area (Å²) in [6, 6.07) is 1.17. The summed E-state index contributed by atoms with van der Waals surface area (Å²) < 4.78 is 6.46. The molecule has 4 unspecified atom stereocenters. The van der Waals surface area contributed by atoms with Gasteiger partial charge in [-0.25, -0.2) is 4.79 Å². The number of aromatic nitrogens is 2. The molecule has 8 nitrogen and oxygen atoms in total. The van der Waals surface area contributed by atoms with Gasteiger partial charge in [-0.05, 0) is 5.92 Å². The van der Waals surface area contributed by atoms with Crippen LogP contribution in [0, 0.1) is 5.92 Å². The van der Waals surface area contributed by atoms with Crippen molar-refractivity contribution in [3.05, 3.63) is 33.1 Å². The zero-order valence-corrected chi connectivity index (χ0v) is 13.7. The van der Waals surface area contributed by atoms with Crippen molar-refractivity contribution in [1.29, 1.82) is 0 Å². The van der Waals surface area contributed by atoms with E-state index in [1.165, 1.54) is 12.3 Å². The van der Waals surface area contributed by atoms with Gasteiger partial charge in [-0.3, -0.25) is 19.1 Å². The van der Waals surface area contributed by atoms with Gasteiger partial charge in [0.25, 0.3) is 5.56 Å². The molecule has 1 saturated heterocycles. The SMILES string of the molecule is CC(C)CC(=O)OC1C(CO)SC(n2ccc(=O)[nH]c2=O)C1O. The molecular formula is C14H20N2O6S. The molecule has 23 heavy (non-hydrogen) atoms. The fourth-order valence-corrected chi connectivity index (χ4v) is 3.83. The van der Waals surface area contributed by atoms with Crippen LogP contribution in [0.1, 0.15) is 25.6 Å². The molecular weight excluding hydrogens is 324 g/mol. The van der Waals surface area contributed by atoms with E-state index in [0.29, 0.717) is 0 Å². The lowest BCUT2D eigenvalue weighted by molar-refractivity contribution is -0.156. The van der Waals surface area contributed by atoms with Crippen molar-refractivity contribution >= 4 is 17.7 Å². The quantitative estimate of drug-likeness (QED) is 0.613. The second-order valence-electron chi connectivity index (χ2n) is 5.81. The maximum Gasteiger partial charge on any atom is 0.329 e. The molecule has 3 N–H and O–H groups in total. The maximum absolute atomic E-state index is 11.9. The maximum atomic E-state index is 11.9. The number of carbonyl (C=O) groups excluding carboxylic acids is 1. The molecule has 1 fully saturated rings. The van der Waals surface area contributed by atoms with Gasteiger partial charge < -0.3 is 14.9 Å². The number of carbonyl (C=O) groups is 1. The Kier molecular flexibility index (Phi) is 5.66. The van der Waals surface area contributed by atoms with Gasteiger partial charge in [0, 0.05) is 18.7 Å². The Morgan fingerprint density at radius 1 is 1.48 bits per heavy atom. The number of thioether (sulfide) groups is 1. The molecule has 1 aliphatic rings. The van der Waals surface area contributed by atoms with E-state index < -0.39 is 40.1 Å². The van der Waals surface area contributed by atoms with E-state index >= 15 is 0 Å². The summed E-state index contributed by atoms with van der Waals surface area (Å²) in [7, 11) is 0. The lowest BCUT2D eigenvalue weighted by Gasteiger charge is -2.22. The second kappa shape index (κ2) is 7.33. The smallest absolute Gasteiger partial charge is 0.329 e. The predicted molar refractivity (Wildman–Crippen MR) is 84.2 cm³/mol. The fraction of sp³-hybridized carbons (Fsp3) is 0.643. The van der Waals surface area contributed by atoms with E-state index in [0.717, 1.165) is 16.3 Å². The lowest BCUT2D eigenvalue weighted by Crippen LogP contribution is -2.40. The highest BCUT2D eigenvalue weighted by Crippen LogP contribution is 2.42. The minimum atomic E-state index is -1.17. The highest BCUT2D eigenvalue weighted by atomic mass is 32.2. The largest absolute Gasteiger partial charge is 0.458 e. The third-order valence-corrected chi connectivity index (χ3v) is 5.01. The average Bonchev–Trinajstić information content (AvgIpc) is 2.75. The van der Waals surface area contributed by atoms with E-state index in [4.69, 9.17) is 4.74 Å². The molecule has 0 amide bonds. The van der Waals surface area contributed by atoms with Crippen LogP contribution in [0.3, 0.4) is 0 Å². The van der Waals surface area contributed by atoms with Crippen LogP contribution in [0.15, 0.2) is 21.9 Å². The standard InChI is InChI=1S/C14H20N2O6S/c1-7(2)5-10(19)22-12-8(6-17)23-13(11(12)20)16-4-3-9(18)15-14(16)21/h3-4,7-8,11-13,17,20H,5-6H2,1-2H3,(H,15,18,21). The first kappa shape index (κ1) is 17.8. The summed E-state index contributed by atoms with van der Waals surface area (Å²) in [5.41, 5.74) is -1.21. The van der Waals surface area contributed by atoms with Crippen LogP contribution in [0.2, 0.25) is 0 Å². The first-order valence-corrected chi connectivity index (χ1v) is 8.23. The number of hydrogen-bond acceptors (Lipinski definition) is 7.